The van der Waals surface area contributed by atoms with Crippen LogP contribution in [0.1, 0.15) is 31.2 Å². The number of hydrogen-bond donors (Lipinski definition) is 0. The number of aryl methyl sites for hydroxylation is 2. The molecule has 64 valence electrons. The summed E-state index contributed by atoms with van der Waals surface area (Å²) < 4.78 is 2.11. The fourth-order valence-electron chi connectivity index (χ4n) is 1.54. The largest absolute Gasteiger partial charge is 0.265 e. The molecule has 0 bridgehead atoms. The number of hydrogen-bond acceptors (Lipinski definition) is 1. The second-order valence-electron chi connectivity index (χ2n) is 3.18. The van der Waals surface area contributed by atoms with Crippen LogP contribution in [-0.2, 0) is 13.0 Å². The summed E-state index contributed by atoms with van der Waals surface area (Å²) in [6, 6.07) is 2.18. The van der Waals surface area contributed by atoms with Gasteiger partial charge < -0.3 is 0 Å². The van der Waals surface area contributed by atoms with Gasteiger partial charge in [0.2, 0.25) is 0 Å². The molecule has 1 aliphatic rings. The molecule has 2 rings (SSSR count). The van der Waals surface area contributed by atoms with Crippen molar-refractivity contribution in [2.75, 3.05) is 0 Å². The summed E-state index contributed by atoms with van der Waals surface area (Å²) in [5.41, 5.74) is 2.47. The van der Waals surface area contributed by atoms with Gasteiger partial charge in [-0.1, -0.05) is 13.0 Å². The van der Waals surface area contributed by atoms with Gasteiger partial charge in [-0.25, -0.2) is 0 Å². The molecule has 0 aromatic carbocycles. The van der Waals surface area contributed by atoms with Crippen LogP contribution in [0.2, 0.25) is 0 Å². The van der Waals surface area contributed by atoms with Crippen LogP contribution in [0.4, 0.5) is 0 Å². The highest BCUT2D eigenvalue weighted by Crippen LogP contribution is 2.13. The molecule has 0 fully saturated rings. The molecule has 1 aromatic rings. The van der Waals surface area contributed by atoms with Gasteiger partial charge in [-0.15, -0.1) is 0 Å². The van der Waals surface area contributed by atoms with Crippen LogP contribution in [0, 0.1) is 0 Å². The number of nitrogens with zero attached hydrogens (tertiary/aromatic N) is 2. The van der Waals surface area contributed by atoms with Crippen LogP contribution in [0.3, 0.4) is 0 Å². The Balaban J connectivity index is 2.37. The highest BCUT2D eigenvalue weighted by molar-refractivity contribution is 5.46. The topological polar surface area (TPSA) is 17.8 Å². The lowest BCUT2D eigenvalue weighted by molar-refractivity contribution is 0.580. The summed E-state index contributed by atoms with van der Waals surface area (Å²) in [5, 5.41) is 4.49. The summed E-state index contributed by atoms with van der Waals surface area (Å²) >= 11 is 0. The Bertz CT molecular complexity index is 297. The number of allylic oxidation sites excluding steroid dienone is 1. The van der Waals surface area contributed by atoms with E-state index in [-0.39, 0.29) is 0 Å². The fourth-order valence-corrected chi connectivity index (χ4v) is 1.54. The van der Waals surface area contributed by atoms with Crippen molar-refractivity contribution in [3.63, 3.8) is 0 Å². The van der Waals surface area contributed by atoms with E-state index in [4.69, 9.17) is 0 Å². The lowest BCUT2D eigenvalue weighted by Gasteiger charge is -1.98. The smallest absolute Gasteiger partial charge is 0.0628 e. The van der Waals surface area contributed by atoms with E-state index in [1.807, 2.05) is 0 Å². The first-order valence-electron chi connectivity index (χ1n) is 4.63. The minimum absolute atomic E-state index is 1.04. The SMILES string of the molecule is CCc1cc2n(n1)CCCC=C2. The third-order valence-electron chi connectivity index (χ3n) is 2.25. The van der Waals surface area contributed by atoms with Gasteiger partial charge >= 0.3 is 0 Å². The predicted molar refractivity (Wildman–Crippen MR) is 49.9 cm³/mol. The lowest BCUT2D eigenvalue weighted by Crippen LogP contribution is -2.00. The second kappa shape index (κ2) is 3.13. The van der Waals surface area contributed by atoms with Crippen molar-refractivity contribution in [2.45, 2.75) is 32.7 Å². The Hall–Kier alpha value is -1.05. The van der Waals surface area contributed by atoms with Crippen molar-refractivity contribution in [2.24, 2.45) is 0 Å². The van der Waals surface area contributed by atoms with Crippen molar-refractivity contribution in [1.29, 1.82) is 0 Å². The average Bonchev–Trinajstić information content (AvgIpc) is 2.37. The number of fused-ring (bicyclic) bond motifs is 1. The minimum Gasteiger partial charge on any atom is -0.265 e. The highest BCUT2D eigenvalue weighted by Gasteiger charge is 2.05. The molecule has 2 heteroatoms. The van der Waals surface area contributed by atoms with Gasteiger partial charge in [0, 0.05) is 6.54 Å². The quantitative estimate of drug-likeness (QED) is 0.619. The molecule has 2 nitrogen and oxygen atoms in total. The van der Waals surface area contributed by atoms with Gasteiger partial charge in [0.1, 0.15) is 0 Å². The van der Waals surface area contributed by atoms with E-state index in [1.54, 1.807) is 0 Å². The van der Waals surface area contributed by atoms with Crippen LogP contribution in [0.25, 0.3) is 6.08 Å². The van der Waals surface area contributed by atoms with Gasteiger partial charge in [0.05, 0.1) is 11.4 Å². The van der Waals surface area contributed by atoms with Crippen molar-refractivity contribution in [3.05, 3.63) is 23.5 Å². The second-order valence-corrected chi connectivity index (χ2v) is 3.18. The summed E-state index contributed by atoms with van der Waals surface area (Å²) in [5.74, 6) is 0. The fraction of sp³-hybridized carbons (Fsp3) is 0.500. The Morgan fingerprint density at radius 2 is 2.50 bits per heavy atom. The third kappa shape index (κ3) is 1.29. The maximum absolute atomic E-state index is 4.49. The molecule has 0 N–H and O–H groups in total. The molecule has 0 saturated carbocycles. The lowest BCUT2D eigenvalue weighted by atomic mass is 10.3. The zero-order valence-corrected chi connectivity index (χ0v) is 7.45. The van der Waals surface area contributed by atoms with Crippen molar-refractivity contribution >= 4 is 6.08 Å². The van der Waals surface area contributed by atoms with Gasteiger partial charge in [0.15, 0.2) is 0 Å². The maximum Gasteiger partial charge on any atom is 0.0628 e. The van der Waals surface area contributed by atoms with Crippen molar-refractivity contribution in [1.82, 2.24) is 9.78 Å². The van der Waals surface area contributed by atoms with Gasteiger partial charge in [-0.3, -0.25) is 4.68 Å². The van der Waals surface area contributed by atoms with Gasteiger partial charge in [-0.05, 0) is 31.4 Å². The summed E-state index contributed by atoms with van der Waals surface area (Å²) in [7, 11) is 0. The van der Waals surface area contributed by atoms with Crippen molar-refractivity contribution < 1.29 is 0 Å². The van der Waals surface area contributed by atoms with E-state index >= 15 is 0 Å². The van der Waals surface area contributed by atoms with Crippen molar-refractivity contribution in [3.8, 4) is 0 Å². The van der Waals surface area contributed by atoms with E-state index in [1.165, 1.54) is 24.2 Å². The van der Waals surface area contributed by atoms with E-state index in [0.29, 0.717) is 0 Å². The molecule has 2 heterocycles. The van der Waals surface area contributed by atoms with Gasteiger partial charge in [-0.2, -0.15) is 5.10 Å². The molecular formula is C10H14N2. The molecule has 0 unspecified atom stereocenters. The Kier molecular flexibility index (Phi) is 1.98. The zero-order valence-electron chi connectivity index (χ0n) is 7.45. The number of aromatic nitrogens is 2. The molecule has 0 atom stereocenters. The zero-order chi connectivity index (χ0) is 8.39. The molecule has 1 aromatic heterocycles. The van der Waals surface area contributed by atoms with Gasteiger partial charge in [0.25, 0.3) is 0 Å². The summed E-state index contributed by atoms with van der Waals surface area (Å²) in [4.78, 5) is 0. The molecule has 0 spiro atoms. The van der Waals surface area contributed by atoms with Crippen LogP contribution in [0.5, 0.6) is 0 Å². The molecular weight excluding hydrogens is 148 g/mol. The highest BCUT2D eigenvalue weighted by atomic mass is 15.3. The predicted octanol–water partition coefficient (Wildman–Crippen LogP) is 2.25. The average molecular weight is 162 g/mol. The van der Waals surface area contributed by atoms with E-state index in [9.17, 15) is 0 Å². The molecule has 1 aliphatic heterocycles. The first-order chi connectivity index (χ1) is 5.90. The van der Waals surface area contributed by atoms with E-state index in [0.717, 1.165) is 13.0 Å². The maximum atomic E-state index is 4.49. The van der Waals surface area contributed by atoms with E-state index < -0.39 is 0 Å². The molecule has 0 saturated heterocycles. The normalized spacial score (nSPS) is 15.8. The van der Waals surface area contributed by atoms with Crippen LogP contribution in [0.15, 0.2) is 12.1 Å². The molecule has 0 amide bonds. The van der Waals surface area contributed by atoms with Crippen LogP contribution >= 0.6 is 0 Å². The Morgan fingerprint density at radius 1 is 1.58 bits per heavy atom. The molecule has 0 aliphatic carbocycles. The Morgan fingerprint density at radius 3 is 3.33 bits per heavy atom. The molecule has 0 radical (unpaired) electrons. The molecule has 12 heavy (non-hydrogen) atoms. The first-order valence-corrected chi connectivity index (χ1v) is 4.63. The third-order valence-corrected chi connectivity index (χ3v) is 2.25. The van der Waals surface area contributed by atoms with E-state index in [2.05, 4.69) is 34.9 Å². The first kappa shape index (κ1) is 7.59. The monoisotopic (exact) mass is 162 g/mol. The summed E-state index contributed by atoms with van der Waals surface area (Å²) in [6.45, 7) is 3.22. The minimum atomic E-state index is 1.04. The van der Waals surface area contributed by atoms with Crippen LogP contribution < -0.4 is 0 Å². The Labute approximate surface area is 72.9 Å². The van der Waals surface area contributed by atoms with Crippen LogP contribution in [-0.4, -0.2) is 9.78 Å². The number of rotatable bonds is 1. The summed E-state index contributed by atoms with van der Waals surface area (Å²) in [6.07, 6.45) is 7.85. The standard InChI is InChI=1S/C10H14N2/c1-2-9-8-10-6-4-3-5-7-12(10)11-9/h4,6,8H,2-3,5,7H2,1H3.